The van der Waals surface area contributed by atoms with E-state index in [1.54, 1.807) is 30.3 Å². The van der Waals surface area contributed by atoms with E-state index in [-0.39, 0.29) is 27.0 Å². The van der Waals surface area contributed by atoms with Crippen LogP contribution in [0.2, 0.25) is 10.0 Å². The average molecular weight is 406 g/mol. The van der Waals surface area contributed by atoms with Crippen molar-refractivity contribution in [2.24, 2.45) is 0 Å². The number of nitrogens with zero attached hydrogens (tertiary/aromatic N) is 2. The van der Waals surface area contributed by atoms with Crippen molar-refractivity contribution in [3.05, 3.63) is 64.0 Å². The number of amides is 2. The van der Waals surface area contributed by atoms with Crippen molar-refractivity contribution in [2.45, 2.75) is 0 Å². The minimum Gasteiger partial charge on any atom is -0.481 e. The van der Waals surface area contributed by atoms with E-state index in [1.807, 2.05) is 0 Å². The molecule has 0 aliphatic rings. The molecule has 0 saturated heterocycles. The highest BCUT2D eigenvalue weighted by molar-refractivity contribution is 6.40. The van der Waals surface area contributed by atoms with Gasteiger partial charge in [0.2, 0.25) is 5.88 Å². The summed E-state index contributed by atoms with van der Waals surface area (Å²) in [6.45, 7) is 0. The number of anilines is 2. The molecule has 3 aromatic rings. The Morgan fingerprint density at radius 2 is 1.78 bits per heavy atom. The summed E-state index contributed by atoms with van der Waals surface area (Å²) in [5.74, 6) is -0.661. The Bertz CT molecular complexity index is 968. The van der Waals surface area contributed by atoms with Gasteiger partial charge in [0, 0.05) is 6.07 Å². The first kappa shape index (κ1) is 18.7. The van der Waals surface area contributed by atoms with Crippen LogP contribution >= 0.6 is 23.2 Å². The number of H-pyrrole nitrogens is 1. The molecule has 10 heteroatoms. The van der Waals surface area contributed by atoms with Crippen molar-refractivity contribution in [3.8, 4) is 5.88 Å². The number of nitrogens with one attached hydrogen (secondary N) is 3. The maximum Gasteiger partial charge on any atom is 0.275 e. The Balaban J connectivity index is 1.77. The lowest BCUT2D eigenvalue weighted by Crippen LogP contribution is -2.18. The molecule has 0 spiro atoms. The molecule has 2 aromatic heterocycles. The highest BCUT2D eigenvalue weighted by Crippen LogP contribution is 2.26. The molecule has 0 bridgehead atoms. The second kappa shape index (κ2) is 8.07. The predicted octanol–water partition coefficient (Wildman–Crippen LogP) is 3.62. The van der Waals surface area contributed by atoms with Crippen molar-refractivity contribution in [3.63, 3.8) is 0 Å². The minimum atomic E-state index is -0.563. The Labute approximate surface area is 163 Å². The van der Waals surface area contributed by atoms with E-state index in [9.17, 15) is 9.59 Å². The number of aromatic amines is 1. The highest BCUT2D eigenvalue weighted by Gasteiger charge is 2.20. The van der Waals surface area contributed by atoms with Crippen LogP contribution < -0.4 is 15.4 Å². The number of carbonyl (C=O) groups excluding carboxylic acids is 2. The van der Waals surface area contributed by atoms with Gasteiger partial charge in [-0.3, -0.25) is 14.7 Å². The maximum atomic E-state index is 12.5. The van der Waals surface area contributed by atoms with Crippen molar-refractivity contribution in [2.75, 3.05) is 17.7 Å². The molecule has 27 heavy (non-hydrogen) atoms. The Morgan fingerprint density at radius 3 is 2.41 bits per heavy atom. The highest BCUT2D eigenvalue weighted by atomic mass is 35.5. The molecule has 2 amide bonds. The Hall–Kier alpha value is -3.10. The van der Waals surface area contributed by atoms with Gasteiger partial charge in [0.25, 0.3) is 11.8 Å². The molecular weight excluding hydrogens is 393 g/mol. The van der Waals surface area contributed by atoms with Gasteiger partial charge in [-0.1, -0.05) is 29.3 Å². The van der Waals surface area contributed by atoms with E-state index in [4.69, 9.17) is 27.9 Å². The van der Waals surface area contributed by atoms with Crippen LogP contribution in [-0.2, 0) is 0 Å². The fourth-order valence-electron chi connectivity index (χ4n) is 2.22. The summed E-state index contributed by atoms with van der Waals surface area (Å²) in [7, 11) is 1.49. The van der Waals surface area contributed by atoms with E-state index in [1.165, 1.54) is 19.5 Å². The third kappa shape index (κ3) is 4.18. The molecule has 0 aliphatic carbocycles. The van der Waals surface area contributed by atoms with Gasteiger partial charge in [-0.25, -0.2) is 4.98 Å². The number of halogens is 2. The molecule has 0 atom stereocenters. The number of hydrogen-bond donors (Lipinski definition) is 3. The lowest BCUT2D eigenvalue weighted by Gasteiger charge is -2.09. The monoisotopic (exact) mass is 405 g/mol. The zero-order valence-corrected chi connectivity index (χ0v) is 15.4. The number of carbonyl (C=O) groups is 2. The van der Waals surface area contributed by atoms with E-state index >= 15 is 0 Å². The Kier molecular flexibility index (Phi) is 5.58. The van der Waals surface area contributed by atoms with Crippen molar-refractivity contribution in [1.29, 1.82) is 0 Å². The number of hydrogen-bond acceptors (Lipinski definition) is 5. The standard InChI is InChI=1S/C17H13Cl2N5O3/c1-27-13-6-5-9(7-20-13)22-17(26)15-12(8-21-24-15)23-16(25)14-10(18)3-2-4-11(14)19/h2-8H,1H3,(H,21,24)(H,22,26)(H,23,25). The number of methoxy groups -OCH3 is 1. The number of benzene rings is 1. The minimum absolute atomic E-state index is 0.0577. The summed E-state index contributed by atoms with van der Waals surface area (Å²) in [5.41, 5.74) is 0.784. The molecule has 0 unspecified atom stereocenters. The van der Waals surface area contributed by atoms with Crippen molar-refractivity contribution < 1.29 is 14.3 Å². The fraction of sp³-hybridized carbons (Fsp3) is 0.0588. The summed E-state index contributed by atoms with van der Waals surface area (Å²) >= 11 is 12.1. The van der Waals surface area contributed by atoms with Gasteiger partial charge < -0.3 is 15.4 Å². The van der Waals surface area contributed by atoms with E-state index < -0.39 is 11.8 Å². The molecular formula is C17H13Cl2N5O3. The fourth-order valence-corrected chi connectivity index (χ4v) is 2.79. The third-order valence-corrected chi connectivity index (χ3v) is 4.14. The molecule has 0 fully saturated rings. The smallest absolute Gasteiger partial charge is 0.275 e. The third-order valence-electron chi connectivity index (χ3n) is 3.51. The quantitative estimate of drug-likeness (QED) is 0.600. The van der Waals surface area contributed by atoms with Crippen LogP contribution in [0.4, 0.5) is 11.4 Å². The van der Waals surface area contributed by atoms with Crippen LogP contribution in [0.1, 0.15) is 20.8 Å². The van der Waals surface area contributed by atoms with Crippen molar-refractivity contribution >= 4 is 46.4 Å². The van der Waals surface area contributed by atoms with Gasteiger partial charge in [0.1, 0.15) is 5.69 Å². The SMILES string of the molecule is COc1ccc(NC(=O)c2[nH]ncc2NC(=O)c2c(Cl)cccc2Cl)cn1. The molecule has 3 rings (SSSR count). The average Bonchev–Trinajstić information content (AvgIpc) is 3.10. The summed E-state index contributed by atoms with van der Waals surface area (Å²) in [6, 6.07) is 7.94. The van der Waals surface area contributed by atoms with Gasteiger partial charge in [0.05, 0.1) is 46.5 Å². The number of aromatic nitrogens is 3. The van der Waals surface area contributed by atoms with Crippen LogP contribution in [0.3, 0.4) is 0 Å². The first-order valence-corrected chi connectivity index (χ1v) is 8.35. The zero-order valence-electron chi connectivity index (χ0n) is 13.9. The van der Waals surface area contributed by atoms with E-state index in [2.05, 4.69) is 25.8 Å². The van der Waals surface area contributed by atoms with Gasteiger partial charge in [0.15, 0.2) is 0 Å². The van der Waals surface area contributed by atoms with Gasteiger partial charge in [-0.2, -0.15) is 5.10 Å². The number of pyridine rings is 1. The van der Waals surface area contributed by atoms with Crippen LogP contribution in [0.25, 0.3) is 0 Å². The molecule has 3 N–H and O–H groups in total. The van der Waals surface area contributed by atoms with E-state index in [0.29, 0.717) is 11.6 Å². The second-order valence-corrected chi connectivity index (χ2v) is 6.07. The van der Waals surface area contributed by atoms with E-state index in [0.717, 1.165) is 0 Å². The Morgan fingerprint density at radius 1 is 1.04 bits per heavy atom. The largest absolute Gasteiger partial charge is 0.481 e. The molecule has 1 aromatic carbocycles. The zero-order chi connectivity index (χ0) is 19.4. The predicted molar refractivity (Wildman–Crippen MR) is 102 cm³/mol. The normalized spacial score (nSPS) is 10.3. The molecule has 0 radical (unpaired) electrons. The van der Waals surface area contributed by atoms with Gasteiger partial charge in [-0.05, 0) is 18.2 Å². The first-order chi connectivity index (χ1) is 13.0. The second-order valence-electron chi connectivity index (χ2n) is 5.25. The summed E-state index contributed by atoms with van der Waals surface area (Å²) in [6.07, 6.45) is 2.75. The lowest BCUT2D eigenvalue weighted by molar-refractivity contribution is 0.102. The van der Waals surface area contributed by atoms with Crippen LogP contribution in [-0.4, -0.2) is 34.1 Å². The van der Waals surface area contributed by atoms with Crippen LogP contribution in [0.15, 0.2) is 42.7 Å². The first-order valence-electron chi connectivity index (χ1n) is 7.59. The molecule has 0 aliphatic heterocycles. The topological polar surface area (TPSA) is 109 Å². The molecule has 2 heterocycles. The van der Waals surface area contributed by atoms with Gasteiger partial charge >= 0.3 is 0 Å². The summed E-state index contributed by atoms with van der Waals surface area (Å²) in [5, 5.41) is 12.0. The summed E-state index contributed by atoms with van der Waals surface area (Å²) in [4.78, 5) is 28.9. The van der Waals surface area contributed by atoms with Crippen LogP contribution in [0, 0.1) is 0 Å². The lowest BCUT2D eigenvalue weighted by atomic mass is 10.2. The molecule has 0 saturated carbocycles. The van der Waals surface area contributed by atoms with Crippen molar-refractivity contribution in [1.82, 2.24) is 15.2 Å². The maximum absolute atomic E-state index is 12.5. The summed E-state index contributed by atoms with van der Waals surface area (Å²) < 4.78 is 4.96. The number of rotatable bonds is 5. The molecule has 138 valence electrons. The van der Waals surface area contributed by atoms with Gasteiger partial charge in [-0.15, -0.1) is 0 Å². The van der Waals surface area contributed by atoms with Crippen LogP contribution in [0.5, 0.6) is 5.88 Å². The number of ether oxygens (including phenoxy) is 1. The molecule has 8 nitrogen and oxygen atoms in total.